The van der Waals surface area contributed by atoms with Crippen LogP contribution < -0.4 is 0 Å². The summed E-state index contributed by atoms with van der Waals surface area (Å²) in [6, 6.07) is 9.57. The Hall–Kier alpha value is -2.16. The van der Waals surface area contributed by atoms with Crippen molar-refractivity contribution in [3.05, 3.63) is 53.9 Å². The maximum Gasteiger partial charge on any atom is 0.336 e. The molecule has 0 aliphatic carbocycles. The van der Waals surface area contributed by atoms with Crippen LogP contribution in [0.15, 0.2) is 42.7 Å². The van der Waals surface area contributed by atoms with Crippen molar-refractivity contribution < 1.29 is 9.90 Å². The van der Waals surface area contributed by atoms with Crippen LogP contribution in [0.2, 0.25) is 0 Å². The molecule has 0 aliphatic rings. The molecule has 0 saturated heterocycles. The lowest BCUT2D eigenvalue weighted by Gasteiger charge is -2.10. The summed E-state index contributed by atoms with van der Waals surface area (Å²) in [5.74, 6) is -0.412. The highest BCUT2D eigenvalue weighted by Gasteiger charge is 2.11. The summed E-state index contributed by atoms with van der Waals surface area (Å²) >= 11 is 0. The monoisotopic (exact) mass is 255 g/mol. The van der Waals surface area contributed by atoms with Crippen LogP contribution in [0, 0.1) is 0 Å². The second-order valence-electron chi connectivity index (χ2n) is 4.66. The smallest absolute Gasteiger partial charge is 0.336 e. The normalized spacial score (nSPS) is 12.1. The molecule has 2 rings (SSSR count). The van der Waals surface area contributed by atoms with Crippen LogP contribution >= 0.6 is 0 Å². The van der Waals surface area contributed by atoms with Crippen LogP contribution in [-0.2, 0) is 0 Å². The molecule has 0 aliphatic heterocycles. The van der Waals surface area contributed by atoms with Crippen molar-refractivity contribution in [2.24, 2.45) is 0 Å². The molecular weight excluding hydrogens is 238 g/mol. The number of hydrogen-bond acceptors (Lipinski definition) is 2. The Morgan fingerprint density at radius 3 is 2.53 bits per heavy atom. The molecule has 1 aromatic heterocycles. The lowest BCUT2D eigenvalue weighted by Crippen LogP contribution is -2.00. The fourth-order valence-corrected chi connectivity index (χ4v) is 2.04. The van der Waals surface area contributed by atoms with Gasteiger partial charge in [0.25, 0.3) is 0 Å². The van der Waals surface area contributed by atoms with Gasteiger partial charge in [0, 0.05) is 18.0 Å². The van der Waals surface area contributed by atoms with Crippen molar-refractivity contribution in [3.8, 4) is 11.1 Å². The Morgan fingerprint density at radius 2 is 1.95 bits per heavy atom. The number of carboxylic acids is 1. The minimum absolute atomic E-state index is 0.284. The number of carbonyl (C=O) groups is 1. The average Bonchev–Trinajstić information content (AvgIpc) is 2.46. The zero-order valence-corrected chi connectivity index (χ0v) is 11.1. The molecule has 3 nitrogen and oxygen atoms in total. The van der Waals surface area contributed by atoms with Crippen molar-refractivity contribution in [1.29, 1.82) is 0 Å². The van der Waals surface area contributed by atoms with Gasteiger partial charge in [0.05, 0.1) is 5.56 Å². The summed E-state index contributed by atoms with van der Waals surface area (Å²) in [7, 11) is 0. The van der Waals surface area contributed by atoms with Crippen LogP contribution in [0.3, 0.4) is 0 Å². The van der Waals surface area contributed by atoms with Gasteiger partial charge < -0.3 is 5.11 Å². The molecule has 19 heavy (non-hydrogen) atoms. The molecular formula is C16H17NO2. The van der Waals surface area contributed by atoms with Gasteiger partial charge >= 0.3 is 5.97 Å². The predicted octanol–water partition coefficient (Wildman–Crippen LogP) is 3.96. The molecule has 0 spiro atoms. The second kappa shape index (κ2) is 5.65. The Balaban J connectivity index is 2.40. The molecule has 1 atom stereocenters. The Kier molecular flexibility index (Phi) is 3.95. The van der Waals surface area contributed by atoms with Crippen LogP contribution in [-0.4, -0.2) is 16.1 Å². The van der Waals surface area contributed by atoms with Gasteiger partial charge in [0.15, 0.2) is 0 Å². The van der Waals surface area contributed by atoms with Crippen LogP contribution in [0.4, 0.5) is 0 Å². The fraction of sp³-hybridized carbons (Fsp3) is 0.250. The molecule has 0 saturated carbocycles. The highest BCUT2D eigenvalue weighted by Crippen LogP contribution is 2.26. The summed E-state index contributed by atoms with van der Waals surface area (Å²) in [5.41, 5.74) is 3.10. The topological polar surface area (TPSA) is 50.2 Å². The number of nitrogens with zero attached hydrogens (tertiary/aromatic N) is 1. The molecule has 0 bridgehead atoms. The molecule has 1 aromatic carbocycles. The lowest BCUT2D eigenvalue weighted by molar-refractivity contribution is 0.0697. The number of pyridine rings is 1. The van der Waals surface area contributed by atoms with E-state index in [-0.39, 0.29) is 5.56 Å². The first kappa shape index (κ1) is 13.3. The zero-order valence-electron chi connectivity index (χ0n) is 11.1. The van der Waals surface area contributed by atoms with Gasteiger partial charge in [-0.2, -0.15) is 0 Å². The summed E-state index contributed by atoms with van der Waals surface area (Å²) in [4.78, 5) is 15.2. The van der Waals surface area contributed by atoms with E-state index in [4.69, 9.17) is 0 Å². The summed E-state index contributed by atoms with van der Waals surface area (Å²) in [6.45, 7) is 4.34. The van der Waals surface area contributed by atoms with Crippen LogP contribution in [0.1, 0.15) is 42.1 Å². The third-order valence-electron chi connectivity index (χ3n) is 3.45. The lowest BCUT2D eigenvalue weighted by atomic mass is 9.95. The average molecular weight is 255 g/mol. The number of aromatic carboxylic acids is 1. The fourth-order valence-electron chi connectivity index (χ4n) is 2.04. The highest BCUT2D eigenvalue weighted by molar-refractivity contribution is 5.95. The predicted molar refractivity (Wildman–Crippen MR) is 75.3 cm³/mol. The van der Waals surface area contributed by atoms with E-state index in [0.29, 0.717) is 11.5 Å². The molecule has 0 radical (unpaired) electrons. The van der Waals surface area contributed by atoms with Gasteiger partial charge in [0.2, 0.25) is 0 Å². The standard InChI is InChI=1S/C16H17NO2/c1-3-11(2)12-4-6-13(7-5-12)15-10-17-9-8-14(15)16(18)19/h4-11H,3H2,1-2H3,(H,18,19). The summed E-state index contributed by atoms with van der Waals surface area (Å²) in [6.07, 6.45) is 4.19. The minimum atomic E-state index is -0.927. The van der Waals surface area contributed by atoms with Crippen molar-refractivity contribution >= 4 is 5.97 Å². The maximum atomic E-state index is 11.2. The summed E-state index contributed by atoms with van der Waals surface area (Å²) in [5, 5.41) is 9.18. The molecule has 0 fully saturated rings. The van der Waals surface area contributed by atoms with Gasteiger partial charge in [-0.3, -0.25) is 4.98 Å². The molecule has 1 unspecified atom stereocenters. The number of hydrogen-bond donors (Lipinski definition) is 1. The Labute approximate surface area is 112 Å². The molecule has 3 heteroatoms. The third kappa shape index (κ3) is 2.81. The van der Waals surface area contributed by atoms with Gasteiger partial charge in [0.1, 0.15) is 0 Å². The molecule has 1 N–H and O–H groups in total. The largest absolute Gasteiger partial charge is 0.478 e. The first-order valence-corrected chi connectivity index (χ1v) is 6.41. The quantitative estimate of drug-likeness (QED) is 0.899. The van der Waals surface area contributed by atoms with E-state index in [1.54, 1.807) is 6.20 Å². The maximum absolute atomic E-state index is 11.2. The van der Waals surface area contributed by atoms with Crippen LogP contribution in [0.25, 0.3) is 11.1 Å². The number of aromatic nitrogens is 1. The van der Waals surface area contributed by atoms with Crippen molar-refractivity contribution in [1.82, 2.24) is 4.98 Å². The molecule has 1 heterocycles. The number of carboxylic acid groups (broad SMARTS) is 1. The number of benzene rings is 1. The summed E-state index contributed by atoms with van der Waals surface area (Å²) < 4.78 is 0. The van der Waals surface area contributed by atoms with E-state index in [9.17, 15) is 9.90 Å². The Morgan fingerprint density at radius 1 is 1.26 bits per heavy atom. The van der Waals surface area contributed by atoms with Crippen LogP contribution in [0.5, 0.6) is 0 Å². The highest BCUT2D eigenvalue weighted by atomic mass is 16.4. The first-order chi connectivity index (χ1) is 9.13. The van der Waals surface area contributed by atoms with E-state index in [0.717, 1.165) is 12.0 Å². The molecule has 2 aromatic rings. The van der Waals surface area contributed by atoms with E-state index in [2.05, 4.69) is 31.0 Å². The zero-order chi connectivity index (χ0) is 13.8. The minimum Gasteiger partial charge on any atom is -0.478 e. The van der Waals surface area contributed by atoms with Gasteiger partial charge in [-0.25, -0.2) is 4.79 Å². The van der Waals surface area contributed by atoms with Gasteiger partial charge in [-0.05, 0) is 29.5 Å². The van der Waals surface area contributed by atoms with E-state index in [1.165, 1.54) is 17.8 Å². The van der Waals surface area contributed by atoms with Crippen molar-refractivity contribution in [3.63, 3.8) is 0 Å². The first-order valence-electron chi connectivity index (χ1n) is 6.41. The molecule has 98 valence electrons. The second-order valence-corrected chi connectivity index (χ2v) is 4.66. The van der Waals surface area contributed by atoms with Gasteiger partial charge in [-0.1, -0.05) is 38.1 Å². The SMILES string of the molecule is CCC(C)c1ccc(-c2cnccc2C(=O)O)cc1. The van der Waals surface area contributed by atoms with E-state index in [1.807, 2.05) is 12.1 Å². The van der Waals surface area contributed by atoms with E-state index < -0.39 is 5.97 Å². The number of rotatable bonds is 4. The van der Waals surface area contributed by atoms with Gasteiger partial charge in [-0.15, -0.1) is 0 Å². The Bertz CT molecular complexity index is 576. The molecule has 0 amide bonds. The van der Waals surface area contributed by atoms with E-state index >= 15 is 0 Å². The third-order valence-corrected chi connectivity index (χ3v) is 3.45. The van der Waals surface area contributed by atoms with Crippen molar-refractivity contribution in [2.75, 3.05) is 0 Å². The van der Waals surface area contributed by atoms with Crippen molar-refractivity contribution in [2.45, 2.75) is 26.2 Å².